The number of ether oxygens (including phenoxy) is 1. The molecule has 2 saturated heterocycles. The SMILES string of the molecule is Cc1cnc(N2CCOC3(CCN(C)CC3)C2)nc1C. The summed E-state index contributed by atoms with van der Waals surface area (Å²) >= 11 is 0. The Hall–Kier alpha value is -1.20. The summed E-state index contributed by atoms with van der Waals surface area (Å²) in [5.41, 5.74) is 2.22. The van der Waals surface area contributed by atoms with Crippen molar-refractivity contribution in [3.05, 3.63) is 17.5 Å². The molecule has 3 rings (SSSR count). The number of nitrogens with zero attached hydrogens (tertiary/aromatic N) is 4. The van der Waals surface area contributed by atoms with E-state index in [2.05, 4.69) is 33.7 Å². The number of likely N-dealkylation sites (tertiary alicyclic amines) is 1. The third-order valence-corrected chi connectivity index (χ3v) is 4.64. The van der Waals surface area contributed by atoms with Gasteiger partial charge in [-0.3, -0.25) is 0 Å². The molecule has 2 fully saturated rings. The van der Waals surface area contributed by atoms with Crippen molar-refractivity contribution in [2.75, 3.05) is 44.7 Å². The monoisotopic (exact) mass is 276 g/mol. The van der Waals surface area contributed by atoms with Crippen molar-refractivity contribution < 1.29 is 4.74 Å². The zero-order chi connectivity index (χ0) is 14.2. The molecule has 0 amide bonds. The highest BCUT2D eigenvalue weighted by atomic mass is 16.5. The van der Waals surface area contributed by atoms with Crippen LogP contribution in [0.15, 0.2) is 6.20 Å². The van der Waals surface area contributed by atoms with Gasteiger partial charge in [-0.2, -0.15) is 0 Å². The van der Waals surface area contributed by atoms with Crippen molar-refractivity contribution >= 4 is 5.95 Å². The van der Waals surface area contributed by atoms with Crippen LogP contribution in [0.2, 0.25) is 0 Å². The summed E-state index contributed by atoms with van der Waals surface area (Å²) < 4.78 is 6.14. The minimum atomic E-state index is 0.00686. The largest absolute Gasteiger partial charge is 0.371 e. The van der Waals surface area contributed by atoms with E-state index in [-0.39, 0.29) is 5.60 Å². The van der Waals surface area contributed by atoms with E-state index in [1.807, 2.05) is 13.1 Å². The molecule has 0 unspecified atom stereocenters. The van der Waals surface area contributed by atoms with E-state index in [9.17, 15) is 0 Å². The second kappa shape index (κ2) is 5.30. The fourth-order valence-corrected chi connectivity index (χ4v) is 3.01. The number of piperidine rings is 1. The molecule has 110 valence electrons. The van der Waals surface area contributed by atoms with Crippen LogP contribution >= 0.6 is 0 Å². The van der Waals surface area contributed by atoms with E-state index in [0.717, 1.165) is 62.8 Å². The fraction of sp³-hybridized carbons (Fsp3) is 0.733. The molecule has 0 bridgehead atoms. The van der Waals surface area contributed by atoms with Crippen LogP contribution in [0.4, 0.5) is 5.95 Å². The van der Waals surface area contributed by atoms with Crippen LogP contribution < -0.4 is 4.90 Å². The number of hydrogen-bond donors (Lipinski definition) is 0. The molecule has 5 heteroatoms. The van der Waals surface area contributed by atoms with Crippen LogP contribution in [-0.4, -0.2) is 60.3 Å². The molecule has 1 aromatic heterocycles. The first-order valence-electron chi connectivity index (χ1n) is 7.46. The maximum Gasteiger partial charge on any atom is 0.225 e. The lowest BCUT2D eigenvalue weighted by atomic mass is 9.89. The topological polar surface area (TPSA) is 41.5 Å². The van der Waals surface area contributed by atoms with E-state index >= 15 is 0 Å². The normalized spacial score (nSPS) is 23.2. The van der Waals surface area contributed by atoms with Crippen LogP contribution in [0.25, 0.3) is 0 Å². The molecule has 0 aliphatic carbocycles. The summed E-state index contributed by atoms with van der Waals surface area (Å²) in [6, 6.07) is 0. The number of aryl methyl sites for hydroxylation is 2. The second-order valence-corrected chi connectivity index (χ2v) is 6.19. The van der Waals surface area contributed by atoms with E-state index in [4.69, 9.17) is 4.74 Å². The molecular weight excluding hydrogens is 252 g/mol. The van der Waals surface area contributed by atoms with Gasteiger partial charge in [-0.1, -0.05) is 0 Å². The minimum Gasteiger partial charge on any atom is -0.371 e. The maximum atomic E-state index is 6.14. The Kier molecular flexibility index (Phi) is 3.65. The number of morpholine rings is 1. The fourth-order valence-electron chi connectivity index (χ4n) is 3.01. The molecule has 20 heavy (non-hydrogen) atoms. The Bertz CT molecular complexity index is 483. The average Bonchev–Trinajstić information content (AvgIpc) is 2.46. The van der Waals surface area contributed by atoms with Crippen molar-refractivity contribution in [3.63, 3.8) is 0 Å². The Morgan fingerprint density at radius 2 is 1.95 bits per heavy atom. The van der Waals surface area contributed by atoms with Crippen molar-refractivity contribution in [1.82, 2.24) is 14.9 Å². The summed E-state index contributed by atoms with van der Waals surface area (Å²) in [6.07, 6.45) is 4.13. The standard InChI is InChI=1S/C15H24N4O/c1-12-10-16-14(17-13(12)2)19-8-9-20-15(11-19)4-6-18(3)7-5-15/h10H,4-9,11H2,1-3H3. The van der Waals surface area contributed by atoms with Crippen molar-refractivity contribution in [3.8, 4) is 0 Å². The maximum absolute atomic E-state index is 6.14. The van der Waals surface area contributed by atoms with Gasteiger partial charge in [0.05, 0.1) is 18.8 Å². The zero-order valence-electron chi connectivity index (χ0n) is 12.7. The Balaban J connectivity index is 1.76. The molecule has 0 atom stereocenters. The van der Waals surface area contributed by atoms with Crippen LogP contribution in [0.3, 0.4) is 0 Å². The molecular formula is C15H24N4O. The lowest BCUT2D eigenvalue weighted by molar-refractivity contribution is -0.0886. The van der Waals surface area contributed by atoms with Gasteiger partial charge in [0.25, 0.3) is 0 Å². The molecule has 2 aliphatic heterocycles. The molecule has 0 radical (unpaired) electrons. The van der Waals surface area contributed by atoms with Gasteiger partial charge in [-0.05, 0) is 39.3 Å². The van der Waals surface area contributed by atoms with E-state index in [1.165, 1.54) is 0 Å². The van der Waals surface area contributed by atoms with E-state index in [0.29, 0.717) is 0 Å². The van der Waals surface area contributed by atoms with Gasteiger partial charge in [-0.15, -0.1) is 0 Å². The second-order valence-electron chi connectivity index (χ2n) is 6.19. The zero-order valence-corrected chi connectivity index (χ0v) is 12.7. The highest BCUT2D eigenvalue weighted by molar-refractivity contribution is 5.34. The molecule has 3 heterocycles. The number of aromatic nitrogens is 2. The summed E-state index contributed by atoms with van der Waals surface area (Å²) in [4.78, 5) is 13.8. The summed E-state index contributed by atoms with van der Waals surface area (Å²) in [5.74, 6) is 0.856. The molecule has 0 N–H and O–H groups in total. The van der Waals surface area contributed by atoms with Gasteiger partial charge in [0.15, 0.2) is 0 Å². The smallest absolute Gasteiger partial charge is 0.225 e. The van der Waals surface area contributed by atoms with Crippen LogP contribution in [-0.2, 0) is 4.74 Å². The number of anilines is 1. The number of hydrogen-bond acceptors (Lipinski definition) is 5. The lowest BCUT2D eigenvalue weighted by Crippen LogP contribution is -2.56. The van der Waals surface area contributed by atoms with E-state index < -0.39 is 0 Å². The van der Waals surface area contributed by atoms with Crippen LogP contribution in [0.5, 0.6) is 0 Å². The van der Waals surface area contributed by atoms with Gasteiger partial charge in [0, 0.05) is 31.5 Å². The first-order chi connectivity index (χ1) is 9.58. The third kappa shape index (κ3) is 2.65. The van der Waals surface area contributed by atoms with Gasteiger partial charge in [0.2, 0.25) is 5.95 Å². The Morgan fingerprint density at radius 3 is 2.65 bits per heavy atom. The average molecular weight is 276 g/mol. The molecule has 2 aliphatic rings. The van der Waals surface area contributed by atoms with Crippen LogP contribution in [0, 0.1) is 13.8 Å². The minimum absolute atomic E-state index is 0.00686. The van der Waals surface area contributed by atoms with E-state index in [1.54, 1.807) is 0 Å². The predicted octanol–water partition coefficient (Wildman–Crippen LogP) is 1.39. The molecule has 5 nitrogen and oxygen atoms in total. The van der Waals surface area contributed by atoms with Crippen molar-refractivity contribution in [1.29, 1.82) is 0 Å². The molecule has 1 aromatic rings. The molecule has 1 spiro atoms. The molecule has 0 saturated carbocycles. The van der Waals surface area contributed by atoms with Gasteiger partial charge < -0.3 is 14.5 Å². The predicted molar refractivity (Wildman–Crippen MR) is 79.1 cm³/mol. The van der Waals surface area contributed by atoms with Crippen molar-refractivity contribution in [2.24, 2.45) is 0 Å². The first-order valence-corrected chi connectivity index (χ1v) is 7.46. The number of rotatable bonds is 1. The van der Waals surface area contributed by atoms with Gasteiger partial charge >= 0.3 is 0 Å². The Morgan fingerprint density at radius 1 is 1.20 bits per heavy atom. The highest BCUT2D eigenvalue weighted by Gasteiger charge is 2.39. The summed E-state index contributed by atoms with van der Waals surface area (Å²) in [7, 11) is 2.18. The van der Waals surface area contributed by atoms with Gasteiger partial charge in [0.1, 0.15) is 0 Å². The van der Waals surface area contributed by atoms with Crippen molar-refractivity contribution in [2.45, 2.75) is 32.3 Å². The quantitative estimate of drug-likeness (QED) is 0.775. The third-order valence-electron chi connectivity index (χ3n) is 4.64. The lowest BCUT2D eigenvalue weighted by Gasteiger charge is -2.46. The van der Waals surface area contributed by atoms with Crippen LogP contribution in [0.1, 0.15) is 24.1 Å². The Labute approximate surface area is 121 Å². The molecule has 0 aromatic carbocycles. The summed E-state index contributed by atoms with van der Waals surface area (Å²) in [6.45, 7) is 8.91. The summed E-state index contributed by atoms with van der Waals surface area (Å²) in [5, 5.41) is 0. The first kappa shape index (κ1) is 13.8. The van der Waals surface area contributed by atoms with Gasteiger partial charge in [-0.25, -0.2) is 9.97 Å². The highest BCUT2D eigenvalue weighted by Crippen LogP contribution is 2.30.